The van der Waals surface area contributed by atoms with E-state index in [4.69, 9.17) is 0 Å². The second kappa shape index (κ2) is 7.18. The average Bonchev–Trinajstić information content (AvgIpc) is 2.58. The van der Waals surface area contributed by atoms with Gasteiger partial charge in [0.2, 0.25) is 0 Å². The highest BCUT2D eigenvalue weighted by atomic mass is 15.4. The summed E-state index contributed by atoms with van der Waals surface area (Å²) in [6, 6.07) is 28.2. The van der Waals surface area contributed by atoms with Crippen molar-refractivity contribution in [1.82, 2.24) is 0 Å². The third kappa shape index (κ3) is 3.79. The van der Waals surface area contributed by atoms with Crippen LogP contribution < -0.4 is 5.43 Å². The van der Waals surface area contributed by atoms with Crippen molar-refractivity contribution in [2.45, 2.75) is 6.42 Å². The summed E-state index contributed by atoms with van der Waals surface area (Å²) in [4.78, 5) is 0. The molecule has 3 nitrogen and oxygen atoms in total. The maximum atomic E-state index is 4.31. The second-order valence-corrected chi connectivity index (χ2v) is 4.97. The molecular formula is C19H17N3. The number of hydrogen-bond donors (Lipinski definition) is 1. The molecule has 3 aromatic rings. The SMILES string of the molecule is c1ccc(Cc2ccccc2N=NNc2ccccc2)cc1. The zero-order valence-corrected chi connectivity index (χ0v) is 12.2. The summed E-state index contributed by atoms with van der Waals surface area (Å²) in [5, 5.41) is 8.40. The Bertz CT molecular complexity index is 737. The van der Waals surface area contributed by atoms with Crippen molar-refractivity contribution in [2.75, 3.05) is 5.43 Å². The van der Waals surface area contributed by atoms with Gasteiger partial charge in [-0.1, -0.05) is 72.0 Å². The minimum Gasteiger partial charge on any atom is -0.260 e. The van der Waals surface area contributed by atoms with Gasteiger partial charge in [-0.05, 0) is 35.7 Å². The van der Waals surface area contributed by atoms with E-state index in [9.17, 15) is 0 Å². The van der Waals surface area contributed by atoms with Gasteiger partial charge in [-0.25, -0.2) is 0 Å². The number of benzene rings is 3. The Balaban J connectivity index is 1.74. The normalized spacial score (nSPS) is 10.7. The minimum absolute atomic E-state index is 0.849. The molecule has 0 saturated carbocycles. The second-order valence-electron chi connectivity index (χ2n) is 4.97. The molecule has 0 bridgehead atoms. The first-order valence-electron chi connectivity index (χ1n) is 7.25. The highest BCUT2D eigenvalue weighted by Crippen LogP contribution is 2.22. The zero-order chi connectivity index (χ0) is 15.0. The third-order valence-corrected chi connectivity index (χ3v) is 3.34. The Morgan fingerprint density at radius 1 is 0.682 bits per heavy atom. The molecule has 3 aromatic carbocycles. The van der Waals surface area contributed by atoms with Crippen LogP contribution in [0, 0.1) is 0 Å². The first-order chi connectivity index (χ1) is 10.9. The molecule has 0 aliphatic rings. The fourth-order valence-corrected chi connectivity index (χ4v) is 2.22. The Morgan fingerprint density at radius 3 is 2.09 bits per heavy atom. The molecule has 0 atom stereocenters. The Morgan fingerprint density at radius 2 is 1.32 bits per heavy atom. The van der Waals surface area contributed by atoms with Gasteiger partial charge in [0.1, 0.15) is 0 Å². The van der Waals surface area contributed by atoms with E-state index in [1.807, 2.05) is 54.6 Å². The highest BCUT2D eigenvalue weighted by Gasteiger charge is 2.02. The van der Waals surface area contributed by atoms with Crippen LogP contribution in [-0.2, 0) is 6.42 Å². The van der Waals surface area contributed by atoms with Crippen LogP contribution in [0.1, 0.15) is 11.1 Å². The average molecular weight is 287 g/mol. The topological polar surface area (TPSA) is 36.8 Å². The Labute approximate surface area is 130 Å². The fraction of sp³-hybridized carbons (Fsp3) is 0.0526. The summed E-state index contributed by atoms with van der Waals surface area (Å²) in [6.45, 7) is 0. The highest BCUT2D eigenvalue weighted by molar-refractivity contribution is 5.48. The molecule has 0 saturated heterocycles. The van der Waals surface area contributed by atoms with Crippen molar-refractivity contribution in [3.63, 3.8) is 0 Å². The van der Waals surface area contributed by atoms with Gasteiger partial charge in [-0.2, -0.15) is 0 Å². The quantitative estimate of drug-likeness (QED) is 0.496. The Kier molecular flexibility index (Phi) is 4.57. The molecule has 0 amide bonds. The van der Waals surface area contributed by atoms with Crippen molar-refractivity contribution >= 4 is 11.4 Å². The van der Waals surface area contributed by atoms with Crippen LogP contribution in [0.15, 0.2) is 95.3 Å². The lowest BCUT2D eigenvalue weighted by molar-refractivity contribution is 1.09. The molecule has 108 valence electrons. The molecule has 0 spiro atoms. The monoisotopic (exact) mass is 287 g/mol. The van der Waals surface area contributed by atoms with Gasteiger partial charge in [0.05, 0.1) is 11.4 Å². The molecular weight excluding hydrogens is 270 g/mol. The van der Waals surface area contributed by atoms with Crippen LogP contribution in [0.5, 0.6) is 0 Å². The van der Waals surface area contributed by atoms with Crippen molar-refractivity contribution in [2.24, 2.45) is 10.3 Å². The van der Waals surface area contributed by atoms with Crippen LogP contribution in [0.4, 0.5) is 11.4 Å². The number of nitrogens with one attached hydrogen (secondary N) is 1. The largest absolute Gasteiger partial charge is 0.260 e. The first-order valence-corrected chi connectivity index (χ1v) is 7.25. The molecule has 0 aliphatic heterocycles. The van der Waals surface area contributed by atoms with E-state index in [-0.39, 0.29) is 0 Å². The Hall–Kier alpha value is -2.94. The molecule has 0 aliphatic carbocycles. The summed E-state index contributed by atoms with van der Waals surface area (Å²) in [5.74, 6) is 0. The third-order valence-electron chi connectivity index (χ3n) is 3.34. The number of para-hydroxylation sites is 1. The number of hydrogen-bond acceptors (Lipinski definition) is 2. The van der Waals surface area contributed by atoms with Crippen LogP contribution in [0.25, 0.3) is 0 Å². The summed E-state index contributed by atoms with van der Waals surface area (Å²) in [7, 11) is 0. The molecule has 0 radical (unpaired) electrons. The molecule has 0 heterocycles. The molecule has 22 heavy (non-hydrogen) atoms. The lowest BCUT2D eigenvalue weighted by Crippen LogP contribution is -1.89. The summed E-state index contributed by atoms with van der Waals surface area (Å²) < 4.78 is 0. The van der Waals surface area contributed by atoms with Crippen molar-refractivity contribution in [1.29, 1.82) is 0 Å². The standard InChI is InChI=1S/C19H17N3/c1-3-9-16(10-4-1)15-17-11-7-8-14-19(17)21-22-20-18-12-5-2-6-13-18/h1-14H,15H2,(H,20,21). The minimum atomic E-state index is 0.849. The van der Waals surface area contributed by atoms with Gasteiger partial charge in [0.25, 0.3) is 0 Å². The van der Waals surface area contributed by atoms with Crippen molar-refractivity contribution in [3.05, 3.63) is 96.1 Å². The number of anilines is 1. The van der Waals surface area contributed by atoms with E-state index in [0.717, 1.165) is 23.4 Å². The molecule has 0 fully saturated rings. The smallest absolute Gasteiger partial charge is 0.0909 e. The van der Waals surface area contributed by atoms with Crippen LogP contribution >= 0.6 is 0 Å². The van der Waals surface area contributed by atoms with E-state index in [1.54, 1.807) is 0 Å². The molecule has 3 heteroatoms. The predicted molar refractivity (Wildman–Crippen MR) is 90.3 cm³/mol. The molecule has 3 rings (SSSR count). The number of nitrogens with zero attached hydrogens (tertiary/aromatic N) is 2. The van der Waals surface area contributed by atoms with E-state index in [1.165, 1.54) is 5.56 Å². The van der Waals surface area contributed by atoms with Gasteiger partial charge >= 0.3 is 0 Å². The van der Waals surface area contributed by atoms with E-state index in [0.29, 0.717) is 0 Å². The van der Waals surface area contributed by atoms with Gasteiger partial charge < -0.3 is 0 Å². The summed E-state index contributed by atoms with van der Waals surface area (Å²) >= 11 is 0. The van der Waals surface area contributed by atoms with Crippen molar-refractivity contribution in [3.8, 4) is 0 Å². The molecule has 1 N–H and O–H groups in total. The maximum absolute atomic E-state index is 4.31. The molecule has 0 unspecified atom stereocenters. The van der Waals surface area contributed by atoms with E-state index >= 15 is 0 Å². The number of rotatable bonds is 5. The summed E-state index contributed by atoms with van der Waals surface area (Å²) in [5.41, 5.74) is 7.17. The first kappa shape index (κ1) is 14.0. The molecule has 0 aromatic heterocycles. The van der Waals surface area contributed by atoms with Gasteiger partial charge in [-0.15, -0.1) is 5.11 Å². The maximum Gasteiger partial charge on any atom is 0.0909 e. The van der Waals surface area contributed by atoms with Gasteiger partial charge in [0.15, 0.2) is 0 Å². The fourth-order valence-electron chi connectivity index (χ4n) is 2.22. The summed E-state index contributed by atoms with van der Waals surface area (Å²) in [6.07, 6.45) is 0.849. The predicted octanol–water partition coefficient (Wildman–Crippen LogP) is 5.39. The zero-order valence-electron chi connectivity index (χ0n) is 12.2. The lowest BCUT2D eigenvalue weighted by Gasteiger charge is -2.05. The van der Waals surface area contributed by atoms with Crippen LogP contribution in [-0.4, -0.2) is 0 Å². The van der Waals surface area contributed by atoms with Gasteiger partial charge in [0, 0.05) is 0 Å². The van der Waals surface area contributed by atoms with Crippen LogP contribution in [0.2, 0.25) is 0 Å². The van der Waals surface area contributed by atoms with E-state index < -0.39 is 0 Å². The van der Waals surface area contributed by atoms with Gasteiger partial charge in [-0.3, -0.25) is 5.43 Å². The van der Waals surface area contributed by atoms with E-state index in [2.05, 4.69) is 46.1 Å². The van der Waals surface area contributed by atoms with Crippen LogP contribution in [0.3, 0.4) is 0 Å². The van der Waals surface area contributed by atoms with Crippen molar-refractivity contribution < 1.29 is 0 Å². The lowest BCUT2D eigenvalue weighted by atomic mass is 10.0.